The fourth-order valence-electron chi connectivity index (χ4n) is 1.77. The number of benzene rings is 1. The minimum absolute atomic E-state index is 0.0918. The van der Waals surface area contributed by atoms with Crippen LogP contribution in [-0.4, -0.2) is 34.2 Å². The van der Waals surface area contributed by atoms with Gasteiger partial charge in [0.15, 0.2) is 0 Å². The molecule has 118 valence electrons. The van der Waals surface area contributed by atoms with E-state index < -0.39 is 16.3 Å². The van der Waals surface area contributed by atoms with Gasteiger partial charge in [0.2, 0.25) is 0 Å². The van der Waals surface area contributed by atoms with E-state index in [1.807, 2.05) is 10.8 Å². The van der Waals surface area contributed by atoms with Gasteiger partial charge in [-0.1, -0.05) is 18.2 Å². The third-order valence-corrected chi connectivity index (χ3v) is 4.11. The molecule has 0 heterocycles. The lowest BCUT2D eigenvalue weighted by Gasteiger charge is -2.25. The van der Waals surface area contributed by atoms with Crippen LogP contribution in [0.25, 0.3) is 0 Å². The highest BCUT2D eigenvalue weighted by Gasteiger charge is 2.25. The summed E-state index contributed by atoms with van der Waals surface area (Å²) in [5.41, 5.74) is 6.74. The molecule has 0 aromatic heterocycles. The number of carbonyl (C=O) groups is 1. The van der Waals surface area contributed by atoms with Crippen molar-refractivity contribution >= 4 is 22.0 Å². The predicted octanol–water partition coefficient (Wildman–Crippen LogP) is 1.14. The molecule has 0 saturated carbocycles. The summed E-state index contributed by atoms with van der Waals surface area (Å²) in [6.07, 6.45) is -0.526. The van der Waals surface area contributed by atoms with Gasteiger partial charge in [0.1, 0.15) is 0 Å². The van der Waals surface area contributed by atoms with Crippen LogP contribution >= 0.6 is 0 Å². The zero-order chi connectivity index (χ0) is 15.9. The summed E-state index contributed by atoms with van der Waals surface area (Å²) < 4.78 is 32.3. The Hall–Kier alpha value is -1.80. The first-order chi connectivity index (χ1) is 9.92. The Morgan fingerprint density at radius 2 is 2.05 bits per heavy atom. The standard InChI is InChI=1S/C13H21N3O4S/c1-3-20-13(17)15-21(18,19)16(10-6-9-14)12-8-5-4-7-11(12)2/h4-5,7-8H,3,6,9-10,14H2,1-2H3,(H,15,17). The molecule has 0 fully saturated rings. The molecule has 1 aromatic rings. The number of ether oxygens (including phenoxy) is 1. The largest absolute Gasteiger partial charge is 0.449 e. The average molecular weight is 315 g/mol. The summed E-state index contributed by atoms with van der Waals surface area (Å²) in [7, 11) is -4.04. The summed E-state index contributed by atoms with van der Waals surface area (Å²) >= 11 is 0. The van der Waals surface area contributed by atoms with Gasteiger partial charge in [-0.05, 0) is 38.4 Å². The van der Waals surface area contributed by atoms with Crippen molar-refractivity contribution in [1.29, 1.82) is 0 Å². The van der Waals surface area contributed by atoms with Crippen LogP contribution in [0.4, 0.5) is 10.5 Å². The van der Waals surface area contributed by atoms with E-state index in [-0.39, 0.29) is 13.2 Å². The number of nitrogens with zero attached hydrogens (tertiary/aromatic N) is 1. The molecule has 3 N–H and O–H groups in total. The van der Waals surface area contributed by atoms with Crippen LogP contribution in [0, 0.1) is 6.92 Å². The minimum Gasteiger partial charge on any atom is -0.449 e. The smallest absolute Gasteiger partial charge is 0.422 e. The van der Waals surface area contributed by atoms with Gasteiger partial charge in [0.05, 0.1) is 12.3 Å². The molecule has 0 saturated heterocycles. The first-order valence-corrected chi connectivity index (χ1v) is 8.09. The van der Waals surface area contributed by atoms with Crippen molar-refractivity contribution < 1.29 is 17.9 Å². The van der Waals surface area contributed by atoms with Crippen molar-refractivity contribution in [3.63, 3.8) is 0 Å². The van der Waals surface area contributed by atoms with E-state index in [4.69, 9.17) is 5.73 Å². The molecular weight excluding hydrogens is 294 g/mol. The lowest BCUT2D eigenvalue weighted by molar-refractivity contribution is 0.158. The zero-order valence-corrected chi connectivity index (χ0v) is 13.0. The molecule has 0 bridgehead atoms. The van der Waals surface area contributed by atoms with Crippen LogP contribution in [0.15, 0.2) is 24.3 Å². The minimum atomic E-state index is -4.04. The summed E-state index contributed by atoms with van der Waals surface area (Å²) in [6, 6.07) is 7.02. The summed E-state index contributed by atoms with van der Waals surface area (Å²) in [5, 5.41) is 0. The fraction of sp³-hybridized carbons (Fsp3) is 0.462. The van der Waals surface area contributed by atoms with E-state index in [0.717, 1.165) is 9.87 Å². The van der Waals surface area contributed by atoms with Gasteiger partial charge in [0, 0.05) is 6.54 Å². The first kappa shape index (κ1) is 17.3. The van der Waals surface area contributed by atoms with Crippen molar-refractivity contribution in [3.8, 4) is 0 Å². The van der Waals surface area contributed by atoms with Crippen LogP contribution < -0.4 is 14.8 Å². The van der Waals surface area contributed by atoms with E-state index >= 15 is 0 Å². The van der Waals surface area contributed by atoms with Crippen LogP contribution in [-0.2, 0) is 14.9 Å². The van der Waals surface area contributed by atoms with Crippen molar-refractivity contribution in [3.05, 3.63) is 29.8 Å². The number of nitrogens with one attached hydrogen (secondary N) is 1. The monoisotopic (exact) mass is 315 g/mol. The van der Waals surface area contributed by atoms with E-state index in [9.17, 15) is 13.2 Å². The molecule has 0 radical (unpaired) electrons. The molecule has 0 aliphatic carbocycles. The molecule has 8 heteroatoms. The Bertz CT molecular complexity index is 575. The number of aryl methyl sites for hydroxylation is 1. The highest BCUT2D eigenvalue weighted by molar-refractivity contribution is 7.91. The van der Waals surface area contributed by atoms with Gasteiger partial charge in [0.25, 0.3) is 0 Å². The van der Waals surface area contributed by atoms with Crippen LogP contribution in [0.1, 0.15) is 18.9 Å². The lowest BCUT2D eigenvalue weighted by Crippen LogP contribution is -2.45. The Morgan fingerprint density at radius 1 is 1.38 bits per heavy atom. The van der Waals surface area contributed by atoms with E-state index in [0.29, 0.717) is 18.7 Å². The van der Waals surface area contributed by atoms with Gasteiger partial charge in [-0.25, -0.2) is 9.52 Å². The second kappa shape index (κ2) is 7.84. The average Bonchev–Trinajstić information content (AvgIpc) is 2.40. The highest BCUT2D eigenvalue weighted by atomic mass is 32.2. The maximum absolute atomic E-state index is 12.3. The number of nitrogens with two attached hydrogens (primary N) is 1. The first-order valence-electron chi connectivity index (χ1n) is 6.65. The third kappa shape index (κ3) is 4.91. The fourth-order valence-corrected chi connectivity index (χ4v) is 2.98. The lowest BCUT2D eigenvalue weighted by atomic mass is 10.2. The predicted molar refractivity (Wildman–Crippen MR) is 81.3 cm³/mol. The number of para-hydroxylation sites is 1. The summed E-state index contributed by atoms with van der Waals surface area (Å²) in [6.45, 7) is 4.01. The maximum atomic E-state index is 12.3. The molecule has 0 unspecified atom stereocenters. The maximum Gasteiger partial charge on any atom is 0.422 e. The van der Waals surface area contributed by atoms with Crippen LogP contribution in [0.5, 0.6) is 0 Å². The Balaban J connectivity index is 3.07. The molecule has 0 atom stereocenters. The van der Waals surface area contributed by atoms with Crippen molar-refractivity contribution in [2.45, 2.75) is 20.3 Å². The highest BCUT2D eigenvalue weighted by Crippen LogP contribution is 2.22. The van der Waals surface area contributed by atoms with Gasteiger partial charge in [-0.2, -0.15) is 8.42 Å². The molecule has 21 heavy (non-hydrogen) atoms. The van der Waals surface area contributed by atoms with Gasteiger partial charge < -0.3 is 10.5 Å². The van der Waals surface area contributed by atoms with Crippen molar-refractivity contribution in [1.82, 2.24) is 4.72 Å². The molecule has 0 spiro atoms. The van der Waals surface area contributed by atoms with Crippen LogP contribution in [0.2, 0.25) is 0 Å². The number of anilines is 1. The second-order valence-electron chi connectivity index (χ2n) is 4.33. The Kier molecular flexibility index (Phi) is 6.44. The van der Waals surface area contributed by atoms with Crippen molar-refractivity contribution in [2.75, 3.05) is 24.0 Å². The van der Waals surface area contributed by atoms with Gasteiger partial charge in [-0.3, -0.25) is 4.31 Å². The quantitative estimate of drug-likeness (QED) is 0.785. The Labute approximate surface area is 125 Å². The SMILES string of the molecule is CCOC(=O)NS(=O)(=O)N(CCCN)c1ccccc1C. The molecule has 7 nitrogen and oxygen atoms in total. The molecule has 1 amide bonds. The zero-order valence-electron chi connectivity index (χ0n) is 12.2. The third-order valence-electron chi connectivity index (χ3n) is 2.73. The van der Waals surface area contributed by atoms with Crippen LogP contribution in [0.3, 0.4) is 0 Å². The Morgan fingerprint density at radius 3 is 2.62 bits per heavy atom. The van der Waals surface area contributed by atoms with E-state index in [1.165, 1.54) is 0 Å². The summed E-state index contributed by atoms with van der Waals surface area (Å²) in [5.74, 6) is 0. The van der Waals surface area contributed by atoms with Gasteiger partial charge in [-0.15, -0.1) is 0 Å². The molecule has 0 aliphatic heterocycles. The molecule has 1 rings (SSSR count). The number of rotatable bonds is 7. The van der Waals surface area contributed by atoms with Crippen molar-refractivity contribution in [2.24, 2.45) is 5.73 Å². The second-order valence-corrected chi connectivity index (χ2v) is 5.92. The molecular formula is C13H21N3O4S. The molecule has 0 aliphatic rings. The number of carbonyl (C=O) groups excluding carboxylic acids is 1. The van der Waals surface area contributed by atoms with E-state index in [2.05, 4.69) is 4.74 Å². The normalized spacial score (nSPS) is 11.0. The number of hydrogen-bond acceptors (Lipinski definition) is 5. The van der Waals surface area contributed by atoms with E-state index in [1.54, 1.807) is 32.0 Å². The number of amides is 1. The topological polar surface area (TPSA) is 102 Å². The molecule has 1 aromatic carbocycles. The van der Waals surface area contributed by atoms with Gasteiger partial charge >= 0.3 is 16.3 Å². The summed E-state index contributed by atoms with van der Waals surface area (Å²) in [4.78, 5) is 11.4. The number of hydrogen-bond donors (Lipinski definition) is 2.